The van der Waals surface area contributed by atoms with Crippen molar-refractivity contribution in [3.05, 3.63) is 108 Å². The maximum Gasteiger partial charge on any atom is 0.376 e. The molecule has 2 fully saturated rings. The molecular weight excluding hydrogens is 867 g/mol. The van der Waals surface area contributed by atoms with E-state index in [2.05, 4.69) is 41.1 Å². The molecular formula is C50H65N11O7. The topological polar surface area (TPSA) is 217 Å². The van der Waals surface area contributed by atoms with Gasteiger partial charge in [-0.1, -0.05) is 20.8 Å². The average molecular weight is 932 g/mol. The Morgan fingerprint density at radius 3 is 1.31 bits per heavy atom. The average Bonchev–Trinajstić information content (AvgIpc) is 4.08. The van der Waals surface area contributed by atoms with Crippen molar-refractivity contribution in [3.8, 4) is 0 Å². The lowest BCUT2D eigenvalue weighted by Crippen LogP contribution is -2.45. The summed E-state index contributed by atoms with van der Waals surface area (Å²) in [6.45, 7) is 15.7. The fourth-order valence-corrected chi connectivity index (χ4v) is 10.7. The molecule has 68 heavy (non-hydrogen) atoms. The van der Waals surface area contributed by atoms with Crippen molar-refractivity contribution in [3.63, 3.8) is 0 Å². The van der Waals surface area contributed by atoms with E-state index >= 15 is 0 Å². The monoisotopic (exact) mass is 932 g/mol. The number of nitrogens with zero attached hydrogens (tertiary/aromatic N) is 11. The molecule has 2 aliphatic heterocycles. The number of morpholine rings is 2. The van der Waals surface area contributed by atoms with E-state index in [1.165, 1.54) is 39.8 Å². The molecule has 18 nitrogen and oxygen atoms in total. The van der Waals surface area contributed by atoms with Crippen LogP contribution >= 0.6 is 0 Å². The standard InChI is InChI=1S/C18H24N4O3.C18H24N4O2.C14H17N3O2/c1-2-18-19-22(24)17-12-15-10-13(3-4-20-5-7-25-8-6-20)9-14(15)11-16(17)21(18)23;1-2-18-19-16-11-14-9-13(3-4-21-5-7-24-8-6-21)10-15(14)12-17(16)22(23)20-18;1-2-14-15-12-7-10-5-9(3-4-18)6-11(10)8-13(12)17(19)16-14/h11-13H,2-10H2,1H3;11-13H,2-10H2,1H3;7-9,18H,2-6H2,1H3. The zero-order chi connectivity index (χ0) is 47.3. The number of benzene rings is 3. The first kappa shape index (κ1) is 47.5. The third kappa shape index (κ3) is 10.7. The molecule has 11 rings (SSSR count). The number of ether oxygens (including phenoxy) is 2. The molecule has 3 aliphatic carbocycles. The van der Waals surface area contributed by atoms with Crippen molar-refractivity contribution in [1.29, 1.82) is 0 Å². The first-order valence-corrected chi connectivity index (χ1v) is 24.8. The molecule has 1 N–H and O–H groups in total. The summed E-state index contributed by atoms with van der Waals surface area (Å²) in [5, 5.41) is 69.4. The van der Waals surface area contributed by atoms with Crippen molar-refractivity contribution in [2.75, 3.05) is 72.3 Å². The summed E-state index contributed by atoms with van der Waals surface area (Å²) in [6.07, 6.45) is 11.0. The Labute approximate surface area is 396 Å². The van der Waals surface area contributed by atoms with E-state index < -0.39 is 0 Å². The van der Waals surface area contributed by atoms with Crippen LogP contribution in [0.15, 0.2) is 36.4 Å². The lowest BCUT2D eigenvalue weighted by molar-refractivity contribution is -0.685. The van der Waals surface area contributed by atoms with Crippen LogP contribution in [0.3, 0.4) is 0 Å². The van der Waals surface area contributed by atoms with Crippen LogP contribution in [0.4, 0.5) is 0 Å². The SMILES string of the molecule is CCc1n[n+]([O-])c2cc3c(cc2[n+]1[O-])CC(CCN1CCOCC1)C3.CCc1nc2cc3c(cc2[n+]([O-])n1)CC(CCN1CCOCC1)C3.CCc1nc2cc3c(cc2[n+]([O-])n1)CC(CCO)C3. The number of aromatic nitrogens is 9. The molecule has 0 amide bonds. The summed E-state index contributed by atoms with van der Waals surface area (Å²) in [4.78, 5) is 15.9. The Morgan fingerprint density at radius 1 is 0.515 bits per heavy atom. The number of rotatable bonds is 11. The zero-order valence-corrected chi connectivity index (χ0v) is 39.8. The second-order valence-electron chi connectivity index (χ2n) is 19.1. The molecule has 3 aromatic heterocycles. The number of aliphatic hydroxyl groups excluding tert-OH is 1. The van der Waals surface area contributed by atoms with Crippen LogP contribution in [0.25, 0.3) is 33.1 Å². The Balaban J connectivity index is 0.000000129. The minimum absolute atomic E-state index is 0.222. The molecule has 0 spiro atoms. The molecule has 0 bridgehead atoms. The normalized spacial score (nSPS) is 20.2. The van der Waals surface area contributed by atoms with E-state index in [9.17, 15) is 20.8 Å². The number of hydrogen-bond acceptors (Lipinski definition) is 14. The highest BCUT2D eigenvalue weighted by atomic mass is 16.5. The van der Waals surface area contributed by atoms with E-state index in [0.717, 1.165) is 138 Å². The van der Waals surface area contributed by atoms with Crippen LogP contribution in [0.2, 0.25) is 0 Å². The Kier molecular flexibility index (Phi) is 15.0. The maximum atomic E-state index is 12.4. The lowest BCUT2D eigenvalue weighted by atomic mass is 10.0. The van der Waals surface area contributed by atoms with Gasteiger partial charge in [0.1, 0.15) is 11.0 Å². The molecule has 3 aromatic carbocycles. The number of aryl methyl sites for hydroxylation is 3. The lowest BCUT2D eigenvalue weighted by Gasteiger charge is -2.27. The quantitative estimate of drug-likeness (QED) is 0.146. The van der Waals surface area contributed by atoms with Crippen LogP contribution < -0.4 is 19.3 Å². The van der Waals surface area contributed by atoms with Gasteiger partial charge in [-0.25, -0.2) is 14.7 Å². The van der Waals surface area contributed by atoms with E-state index in [1.807, 2.05) is 51.1 Å². The van der Waals surface area contributed by atoms with Gasteiger partial charge in [-0.2, -0.15) is 0 Å². The number of aliphatic hydroxyl groups is 1. The molecule has 6 aromatic rings. The molecule has 0 radical (unpaired) electrons. The van der Waals surface area contributed by atoms with Crippen molar-refractivity contribution >= 4 is 33.1 Å². The van der Waals surface area contributed by atoms with Gasteiger partial charge in [0, 0.05) is 74.0 Å². The maximum absolute atomic E-state index is 12.4. The minimum atomic E-state index is 0.222. The van der Waals surface area contributed by atoms with Crippen molar-refractivity contribution in [1.82, 2.24) is 35.1 Å². The summed E-state index contributed by atoms with van der Waals surface area (Å²) in [7, 11) is 0. The number of hydrogen-bond donors (Lipinski definition) is 1. The molecule has 18 heteroatoms. The smallest absolute Gasteiger partial charge is 0.376 e. The van der Waals surface area contributed by atoms with Crippen LogP contribution in [0.1, 0.15) is 90.9 Å². The molecule has 5 aliphatic rings. The highest BCUT2D eigenvalue weighted by molar-refractivity contribution is 5.75. The molecule has 2 saturated heterocycles. The Morgan fingerprint density at radius 2 is 0.897 bits per heavy atom. The summed E-state index contributed by atoms with van der Waals surface area (Å²) < 4.78 is 11.6. The largest absolute Gasteiger partial charge is 0.710 e. The zero-order valence-electron chi connectivity index (χ0n) is 39.8. The van der Waals surface area contributed by atoms with E-state index in [4.69, 9.17) is 14.6 Å². The molecule has 362 valence electrons. The summed E-state index contributed by atoms with van der Waals surface area (Å²) in [5.74, 6) is 3.18. The van der Waals surface area contributed by atoms with Gasteiger partial charge < -0.3 is 35.4 Å². The van der Waals surface area contributed by atoms with Gasteiger partial charge >= 0.3 is 11.3 Å². The van der Waals surface area contributed by atoms with Gasteiger partial charge in [-0.15, -0.1) is 0 Å². The van der Waals surface area contributed by atoms with Crippen LogP contribution in [-0.2, 0) is 67.3 Å². The predicted octanol–water partition coefficient (Wildman–Crippen LogP) is 2.69. The van der Waals surface area contributed by atoms with E-state index in [-0.39, 0.29) is 12.4 Å². The van der Waals surface area contributed by atoms with Gasteiger partial charge in [0.2, 0.25) is 10.6 Å². The van der Waals surface area contributed by atoms with E-state index in [1.54, 1.807) is 0 Å². The predicted molar refractivity (Wildman–Crippen MR) is 253 cm³/mol. The number of fused-ring (bicyclic) bond motifs is 6. The van der Waals surface area contributed by atoms with Crippen LogP contribution in [-0.4, -0.2) is 112 Å². The fraction of sp³-hybridized carbons (Fsp3) is 0.580. The van der Waals surface area contributed by atoms with Gasteiger partial charge in [-0.05, 0) is 150 Å². The van der Waals surface area contributed by atoms with Gasteiger partial charge in [0.05, 0.1) is 37.7 Å². The molecule has 5 heterocycles. The first-order chi connectivity index (χ1) is 33.1. The molecule has 0 saturated carbocycles. The van der Waals surface area contributed by atoms with Gasteiger partial charge in [0.15, 0.2) is 11.6 Å². The fourth-order valence-electron chi connectivity index (χ4n) is 10.7. The highest BCUT2D eigenvalue weighted by Crippen LogP contribution is 2.33. The molecule has 3 unspecified atom stereocenters. The third-order valence-electron chi connectivity index (χ3n) is 14.5. The molecule has 3 atom stereocenters. The van der Waals surface area contributed by atoms with Gasteiger partial charge in [-0.3, -0.25) is 9.80 Å². The Hall–Kier alpha value is -5.53. The van der Waals surface area contributed by atoms with Crippen LogP contribution in [0, 0.1) is 38.6 Å². The summed E-state index contributed by atoms with van der Waals surface area (Å²) in [6, 6.07) is 11.8. The summed E-state index contributed by atoms with van der Waals surface area (Å²) >= 11 is 0. The highest BCUT2D eigenvalue weighted by Gasteiger charge is 2.30. The van der Waals surface area contributed by atoms with Crippen molar-refractivity contribution in [2.24, 2.45) is 17.8 Å². The summed E-state index contributed by atoms with van der Waals surface area (Å²) in [5.41, 5.74) is 11.0. The van der Waals surface area contributed by atoms with Crippen molar-refractivity contribution < 1.29 is 33.8 Å². The minimum Gasteiger partial charge on any atom is -0.710 e. The first-order valence-electron chi connectivity index (χ1n) is 24.8. The second-order valence-corrected chi connectivity index (χ2v) is 19.1. The van der Waals surface area contributed by atoms with Gasteiger partial charge in [0.25, 0.3) is 11.0 Å². The van der Waals surface area contributed by atoms with E-state index in [0.29, 0.717) is 80.4 Å². The van der Waals surface area contributed by atoms with Crippen molar-refractivity contribution in [2.45, 2.75) is 97.8 Å². The van der Waals surface area contributed by atoms with Crippen LogP contribution in [0.5, 0.6) is 0 Å². The Bertz CT molecular complexity index is 2750. The third-order valence-corrected chi connectivity index (χ3v) is 14.5. The second kappa shape index (κ2) is 21.4.